The highest BCUT2D eigenvalue weighted by Gasteiger charge is 2.03. The van der Waals surface area contributed by atoms with E-state index in [1.807, 2.05) is 35.9 Å². The number of hydrogen-bond donors (Lipinski definition) is 1. The van der Waals surface area contributed by atoms with Gasteiger partial charge in [0.05, 0.1) is 7.11 Å². The van der Waals surface area contributed by atoms with E-state index in [-0.39, 0.29) is 0 Å². The summed E-state index contributed by atoms with van der Waals surface area (Å²) in [6.45, 7) is 2.00. The normalized spacial score (nSPS) is 10.3. The van der Waals surface area contributed by atoms with Crippen molar-refractivity contribution in [2.24, 2.45) is 0 Å². The Morgan fingerprint density at radius 1 is 1.40 bits per heavy atom. The molecule has 1 aromatic heterocycles. The summed E-state index contributed by atoms with van der Waals surface area (Å²) in [5.41, 5.74) is 7.78. The van der Waals surface area contributed by atoms with Crippen molar-refractivity contribution in [2.75, 3.05) is 12.8 Å². The molecule has 0 saturated carbocycles. The molecule has 0 saturated heterocycles. The van der Waals surface area contributed by atoms with Gasteiger partial charge in [0.2, 0.25) is 5.95 Å². The zero-order chi connectivity index (χ0) is 10.8. The van der Waals surface area contributed by atoms with Crippen LogP contribution in [0.3, 0.4) is 0 Å². The van der Waals surface area contributed by atoms with Gasteiger partial charge in [0, 0.05) is 18.1 Å². The van der Waals surface area contributed by atoms with Gasteiger partial charge in [-0.05, 0) is 30.7 Å². The molecule has 2 N–H and O–H groups in total. The van der Waals surface area contributed by atoms with Crippen LogP contribution in [0.2, 0.25) is 0 Å². The second kappa shape index (κ2) is 3.65. The minimum Gasteiger partial charge on any atom is -0.496 e. The van der Waals surface area contributed by atoms with E-state index in [9.17, 15) is 0 Å². The highest BCUT2D eigenvalue weighted by Crippen LogP contribution is 2.21. The zero-order valence-electron chi connectivity index (χ0n) is 8.77. The minimum atomic E-state index is 0.486. The molecule has 0 radical (unpaired) electrons. The molecule has 0 aliphatic carbocycles. The number of aryl methyl sites for hydroxylation is 1. The lowest BCUT2D eigenvalue weighted by Crippen LogP contribution is -2.00. The van der Waals surface area contributed by atoms with Gasteiger partial charge in [-0.2, -0.15) is 0 Å². The lowest BCUT2D eigenvalue weighted by atomic mass is 10.2. The molecule has 4 heteroatoms. The number of nitrogen functional groups attached to an aromatic ring is 1. The monoisotopic (exact) mass is 203 g/mol. The van der Waals surface area contributed by atoms with Crippen molar-refractivity contribution in [1.82, 2.24) is 9.55 Å². The quantitative estimate of drug-likeness (QED) is 0.809. The van der Waals surface area contributed by atoms with Gasteiger partial charge in [0.15, 0.2) is 0 Å². The fourth-order valence-electron chi connectivity index (χ4n) is 1.55. The van der Waals surface area contributed by atoms with Crippen molar-refractivity contribution < 1.29 is 4.74 Å². The molecular weight excluding hydrogens is 190 g/mol. The number of nitrogens with two attached hydrogens (primary N) is 1. The Morgan fingerprint density at radius 3 is 2.73 bits per heavy atom. The van der Waals surface area contributed by atoms with Crippen molar-refractivity contribution in [3.05, 3.63) is 36.2 Å². The van der Waals surface area contributed by atoms with E-state index in [0.717, 1.165) is 17.0 Å². The molecule has 0 unspecified atom stereocenters. The van der Waals surface area contributed by atoms with Crippen LogP contribution in [0.4, 0.5) is 5.95 Å². The molecule has 1 aromatic carbocycles. The summed E-state index contributed by atoms with van der Waals surface area (Å²) >= 11 is 0. The van der Waals surface area contributed by atoms with Crippen molar-refractivity contribution in [2.45, 2.75) is 6.92 Å². The minimum absolute atomic E-state index is 0.486. The third-order valence-corrected chi connectivity index (χ3v) is 2.33. The van der Waals surface area contributed by atoms with Crippen molar-refractivity contribution >= 4 is 5.95 Å². The molecule has 0 atom stereocenters. The molecule has 1 heterocycles. The summed E-state index contributed by atoms with van der Waals surface area (Å²) in [6.07, 6.45) is 3.51. The fourth-order valence-corrected chi connectivity index (χ4v) is 1.55. The molecule has 2 rings (SSSR count). The predicted molar refractivity (Wildman–Crippen MR) is 59.3 cm³/mol. The van der Waals surface area contributed by atoms with Crippen LogP contribution in [0, 0.1) is 6.92 Å². The number of hydrogen-bond acceptors (Lipinski definition) is 3. The van der Waals surface area contributed by atoms with Crippen LogP contribution < -0.4 is 10.5 Å². The van der Waals surface area contributed by atoms with Gasteiger partial charge >= 0.3 is 0 Å². The summed E-state index contributed by atoms with van der Waals surface area (Å²) in [5.74, 6) is 1.36. The van der Waals surface area contributed by atoms with Crippen LogP contribution in [0.5, 0.6) is 5.75 Å². The van der Waals surface area contributed by atoms with Crippen LogP contribution in [0.1, 0.15) is 5.56 Å². The summed E-state index contributed by atoms with van der Waals surface area (Å²) in [7, 11) is 1.66. The second-order valence-electron chi connectivity index (χ2n) is 3.31. The number of rotatable bonds is 2. The Bertz CT molecular complexity index is 476. The second-order valence-corrected chi connectivity index (χ2v) is 3.31. The third-order valence-electron chi connectivity index (χ3n) is 2.33. The fraction of sp³-hybridized carbons (Fsp3) is 0.182. The standard InChI is InChI=1S/C11H13N3O/c1-8-7-9(3-4-10(8)15-2)14-6-5-13-11(14)12/h3-7H,1-2H3,(H2,12,13). The smallest absolute Gasteiger partial charge is 0.204 e. The Labute approximate surface area is 88.3 Å². The topological polar surface area (TPSA) is 53.1 Å². The van der Waals surface area contributed by atoms with Crippen molar-refractivity contribution in [1.29, 1.82) is 0 Å². The molecule has 0 aliphatic rings. The van der Waals surface area contributed by atoms with Crippen LogP contribution in [-0.4, -0.2) is 16.7 Å². The maximum Gasteiger partial charge on any atom is 0.204 e. The number of ether oxygens (including phenoxy) is 1. The van der Waals surface area contributed by atoms with Crippen molar-refractivity contribution in [3.63, 3.8) is 0 Å². The molecule has 78 valence electrons. The zero-order valence-corrected chi connectivity index (χ0v) is 8.77. The van der Waals surface area contributed by atoms with Crippen LogP contribution in [0.15, 0.2) is 30.6 Å². The third kappa shape index (κ3) is 1.66. The molecule has 15 heavy (non-hydrogen) atoms. The first-order chi connectivity index (χ1) is 7.22. The molecule has 0 spiro atoms. The molecule has 0 bridgehead atoms. The number of anilines is 1. The summed E-state index contributed by atoms with van der Waals surface area (Å²) in [4.78, 5) is 3.97. The Hall–Kier alpha value is -1.97. The average Bonchev–Trinajstić information content (AvgIpc) is 2.64. The van der Waals surface area contributed by atoms with E-state index in [2.05, 4.69) is 4.98 Å². The van der Waals surface area contributed by atoms with E-state index < -0.39 is 0 Å². The summed E-state index contributed by atoms with van der Waals surface area (Å²) < 4.78 is 7.02. The van der Waals surface area contributed by atoms with Gasteiger partial charge in [0.25, 0.3) is 0 Å². The van der Waals surface area contributed by atoms with E-state index >= 15 is 0 Å². The molecule has 4 nitrogen and oxygen atoms in total. The Morgan fingerprint density at radius 2 is 2.20 bits per heavy atom. The number of aromatic nitrogens is 2. The van der Waals surface area contributed by atoms with E-state index in [4.69, 9.17) is 10.5 Å². The highest BCUT2D eigenvalue weighted by molar-refractivity contribution is 5.46. The molecule has 0 fully saturated rings. The first kappa shape index (κ1) is 9.58. The SMILES string of the molecule is COc1ccc(-n2ccnc2N)cc1C. The van der Waals surface area contributed by atoms with Gasteiger partial charge in [0.1, 0.15) is 5.75 Å². The highest BCUT2D eigenvalue weighted by atomic mass is 16.5. The number of imidazole rings is 1. The molecule has 0 aliphatic heterocycles. The molecule has 2 aromatic rings. The summed E-state index contributed by atoms with van der Waals surface area (Å²) in [6, 6.07) is 5.88. The van der Waals surface area contributed by atoms with Gasteiger partial charge in [-0.15, -0.1) is 0 Å². The maximum atomic E-state index is 5.71. The first-order valence-electron chi connectivity index (χ1n) is 4.66. The largest absolute Gasteiger partial charge is 0.496 e. The number of nitrogens with zero attached hydrogens (tertiary/aromatic N) is 2. The van der Waals surface area contributed by atoms with Crippen LogP contribution in [-0.2, 0) is 0 Å². The first-order valence-corrected chi connectivity index (χ1v) is 4.66. The Balaban J connectivity index is 2.47. The lowest BCUT2D eigenvalue weighted by Gasteiger charge is -2.08. The van der Waals surface area contributed by atoms with Gasteiger partial charge in [-0.25, -0.2) is 4.98 Å². The van der Waals surface area contributed by atoms with Gasteiger partial charge in [-0.1, -0.05) is 0 Å². The molecule has 0 amide bonds. The van der Waals surface area contributed by atoms with Crippen molar-refractivity contribution in [3.8, 4) is 11.4 Å². The van der Waals surface area contributed by atoms with Crippen LogP contribution >= 0.6 is 0 Å². The van der Waals surface area contributed by atoms with E-state index in [1.165, 1.54) is 0 Å². The lowest BCUT2D eigenvalue weighted by molar-refractivity contribution is 0.411. The maximum absolute atomic E-state index is 5.71. The number of methoxy groups -OCH3 is 1. The van der Waals surface area contributed by atoms with Gasteiger partial charge in [-0.3, -0.25) is 4.57 Å². The van der Waals surface area contributed by atoms with Crippen LogP contribution in [0.25, 0.3) is 5.69 Å². The van der Waals surface area contributed by atoms with E-state index in [0.29, 0.717) is 5.95 Å². The van der Waals surface area contributed by atoms with Gasteiger partial charge < -0.3 is 10.5 Å². The number of benzene rings is 1. The Kier molecular flexibility index (Phi) is 2.33. The molecular formula is C11H13N3O. The predicted octanol–water partition coefficient (Wildman–Crippen LogP) is 1.77. The summed E-state index contributed by atoms with van der Waals surface area (Å²) in [5, 5.41) is 0. The average molecular weight is 203 g/mol. The van der Waals surface area contributed by atoms with E-state index in [1.54, 1.807) is 13.3 Å².